The Labute approximate surface area is 173 Å². The second kappa shape index (κ2) is 6.67. The van der Waals surface area contributed by atoms with E-state index in [0.717, 1.165) is 28.2 Å². The van der Waals surface area contributed by atoms with Gasteiger partial charge in [0.1, 0.15) is 11.8 Å². The number of ether oxygens (including phenoxy) is 1. The average molecular weight is 404 g/mol. The molecule has 0 amide bonds. The van der Waals surface area contributed by atoms with Crippen LogP contribution in [0.1, 0.15) is 28.6 Å². The maximum Gasteiger partial charge on any atom is 0.214 e. The summed E-state index contributed by atoms with van der Waals surface area (Å²) >= 11 is 5.79. The number of nitrogens with zero attached hydrogens (tertiary/aromatic N) is 2. The highest BCUT2D eigenvalue weighted by molar-refractivity contribution is 7.71. The largest absolute Gasteiger partial charge is 0.497 e. The summed E-state index contributed by atoms with van der Waals surface area (Å²) in [5.74, 6) is 0.993. The van der Waals surface area contributed by atoms with Crippen molar-refractivity contribution in [2.45, 2.75) is 19.0 Å². The zero-order valence-electron chi connectivity index (χ0n) is 16.1. The smallest absolute Gasteiger partial charge is 0.214 e. The highest BCUT2D eigenvalue weighted by Crippen LogP contribution is 2.43. The van der Waals surface area contributed by atoms with Gasteiger partial charge in [0.25, 0.3) is 0 Å². The summed E-state index contributed by atoms with van der Waals surface area (Å²) in [6.07, 6.45) is 2.36. The van der Waals surface area contributed by atoms with Crippen molar-refractivity contribution in [3.8, 4) is 11.6 Å². The fourth-order valence-corrected chi connectivity index (χ4v) is 4.77. The number of methoxy groups -OCH3 is 1. The summed E-state index contributed by atoms with van der Waals surface area (Å²) in [6.45, 7) is 4.27. The molecular formula is C23H21N3O2S. The van der Waals surface area contributed by atoms with Gasteiger partial charge in [-0.25, -0.2) is 0 Å². The van der Waals surface area contributed by atoms with E-state index in [2.05, 4.69) is 34.3 Å². The third-order valence-corrected chi connectivity index (χ3v) is 6.10. The van der Waals surface area contributed by atoms with E-state index in [1.165, 1.54) is 10.9 Å². The van der Waals surface area contributed by atoms with Crippen LogP contribution in [0.25, 0.3) is 10.9 Å². The maximum atomic E-state index is 11.0. The summed E-state index contributed by atoms with van der Waals surface area (Å²) in [5, 5.41) is 12.1. The molecule has 3 heterocycles. The number of benzene rings is 2. The first kappa shape index (κ1) is 17.8. The van der Waals surface area contributed by atoms with Gasteiger partial charge < -0.3 is 19.4 Å². The molecule has 2 aromatic heterocycles. The molecule has 1 aliphatic rings. The number of fused-ring (bicyclic) bond motifs is 4. The average Bonchev–Trinajstić information content (AvgIpc) is 3.23. The van der Waals surface area contributed by atoms with Crippen molar-refractivity contribution in [3.63, 3.8) is 0 Å². The van der Waals surface area contributed by atoms with Crippen LogP contribution in [-0.4, -0.2) is 26.3 Å². The number of hydrogen-bond donors (Lipinski definition) is 2. The minimum Gasteiger partial charge on any atom is -0.497 e. The summed E-state index contributed by atoms with van der Waals surface area (Å²) in [6, 6.07) is 16.1. The molecule has 1 unspecified atom stereocenters. The second-order valence-corrected chi connectivity index (χ2v) is 7.61. The van der Waals surface area contributed by atoms with Crippen LogP contribution in [0.5, 0.6) is 11.6 Å². The second-order valence-electron chi connectivity index (χ2n) is 7.24. The normalized spacial score (nSPS) is 15.1. The predicted octanol–water partition coefficient (Wildman–Crippen LogP) is 4.94. The van der Waals surface area contributed by atoms with E-state index in [1.54, 1.807) is 17.8 Å². The zero-order valence-corrected chi connectivity index (χ0v) is 16.9. The number of H-pyrrole nitrogens is 1. The lowest BCUT2D eigenvalue weighted by atomic mass is 9.93. The first-order valence-corrected chi connectivity index (χ1v) is 9.92. The van der Waals surface area contributed by atoms with Gasteiger partial charge in [0, 0.05) is 29.6 Å². The van der Waals surface area contributed by atoms with Crippen molar-refractivity contribution >= 4 is 23.1 Å². The molecule has 2 aromatic carbocycles. The number of allylic oxidation sites excluding steroid dienone is 1. The van der Waals surface area contributed by atoms with Gasteiger partial charge in [0.2, 0.25) is 5.88 Å². The van der Waals surface area contributed by atoms with Crippen LogP contribution >= 0.6 is 12.2 Å². The minimum absolute atomic E-state index is 0.180. The highest BCUT2D eigenvalue weighted by atomic mass is 32.1. The minimum atomic E-state index is -0.180. The van der Waals surface area contributed by atoms with Crippen LogP contribution < -0.4 is 4.74 Å². The van der Waals surface area contributed by atoms with Gasteiger partial charge in [0.15, 0.2) is 4.77 Å². The molecule has 2 N–H and O–H groups in total. The van der Waals surface area contributed by atoms with Gasteiger partial charge in [0.05, 0.1) is 12.8 Å². The molecule has 1 aliphatic heterocycles. The van der Waals surface area contributed by atoms with Gasteiger partial charge in [-0.2, -0.15) is 0 Å². The molecule has 0 radical (unpaired) electrons. The van der Waals surface area contributed by atoms with E-state index in [4.69, 9.17) is 17.0 Å². The fraction of sp³-hybridized carbons (Fsp3) is 0.174. The fourth-order valence-electron chi connectivity index (χ4n) is 4.39. The number of hydrogen-bond acceptors (Lipinski definition) is 3. The van der Waals surface area contributed by atoms with Gasteiger partial charge in [-0.1, -0.05) is 36.4 Å². The highest BCUT2D eigenvalue weighted by Gasteiger charge is 2.34. The third-order valence-electron chi connectivity index (χ3n) is 5.69. The number of aromatic hydroxyl groups is 1. The first-order chi connectivity index (χ1) is 14.1. The van der Waals surface area contributed by atoms with E-state index < -0.39 is 0 Å². The lowest BCUT2D eigenvalue weighted by Crippen LogP contribution is -2.21. The monoisotopic (exact) mass is 403 g/mol. The van der Waals surface area contributed by atoms with Crippen LogP contribution in [0.3, 0.4) is 0 Å². The topological polar surface area (TPSA) is 55.1 Å². The van der Waals surface area contributed by atoms with E-state index in [1.807, 2.05) is 30.3 Å². The number of aromatic nitrogens is 3. The lowest BCUT2D eigenvalue weighted by molar-refractivity contribution is 0.413. The van der Waals surface area contributed by atoms with E-state index in [0.29, 0.717) is 17.7 Å². The molecule has 4 aromatic rings. The molecule has 5 rings (SSSR count). The molecular weight excluding hydrogens is 382 g/mol. The number of imidazole rings is 1. The Morgan fingerprint density at radius 2 is 2.10 bits per heavy atom. The first-order valence-electron chi connectivity index (χ1n) is 9.51. The van der Waals surface area contributed by atoms with Crippen molar-refractivity contribution in [2.75, 3.05) is 7.11 Å². The van der Waals surface area contributed by atoms with Crippen LogP contribution in [0.15, 0.2) is 61.2 Å². The molecule has 0 saturated heterocycles. The summed E-state index contributed by atoms with van der Waals surface area (Å²) in [7, 11) is 1.66. The van der Waals surface area contributed by atoms with Crippen molar-refractivity contribution in [1.82, 2.24) is 14.1 Å². The van der Waals surface area contributed by atoms with Crippen molar-refractivity contribution in [3.05, 3.63) is 88.5 Å². The van der Waals surface area contributed by atoms with Crippen molar-refractivity contribution < 1.29 is 9.84 Å². The molecule has 146 valence electrons. The van der Waals surface area contributed by atoms with Crippen molar-refractivity contribution in [1.29, 1.82) is 0 Å². The Morgan fingerprint density at radius 1 is 1.28 bits per heavy atom. The number of aromatic amines is 1. The molecule has 5 nitrogen and oxygen atoms in total. The van der Waals surface area contributed by atoms with Gasteiger partial charge in [-0.15, -0.1) is 6.58 Å². The molecule has 0 spiro atoms. The van der Waals surface area contributed by atoms with Crippen molar-refractivity contribution in [2.24, 2.45) is 0 Å². The number of nitrogens with one attached hydrogen (secondary N) is 1. The lowest BCUT2D eigenvalue weighted by Gasteiger charge is -2.27. The molecule has 29 heavy (non-hydrogen) atoms. The Kier molecular flexibility index (Phi) is 4.10. The number of rotatable bonds is 4. The Bertz CT molecular complexity index is 1310. The molecule has 0 saturated carbocycles. The van der Waals surface area contributed by atoms with Gasteiger partial charge >= 0.3 is 0 Å². The van der Waals surface area contributed by atoms with Crippen LogP contribution in [0.4, 0.5) is 0 Å². The van der Waals surface area contributed by atoms with Crippen LogP contribution in [0, 0.1) is 4.77 Å². The quantitative estimate of drug-likeness (QED) is 0.330. The molecule has 6 heteroatoms. The van der Waals surface area contributed by atoms with Crippen LogP contribution in [-0.2, 0) is 13.0 Å². The molecule has 0 fully saturated rings. The van der Waals surface area contributed by atoms with Gasteiger partial charge in [-0.3, -0.25) is 4.57 Å². The van der Waals surface area contributed by atoms with Gasteiger partial charge in [-0.05, 0) is 41.5 Å². The predicted molar refractivity (Wildman–Crippen MR) is 116 cm³/mol. The maximum absolute atomic E-state index is 11.0. The Balaban J connectivity index is 1.84. The number of para-hydroxylation sites is 1. The molecule has 1 atom stereocenters. The summed E-state index contributed by atoms with van der Waals surface area (Å²) in [5.41, 5.74) is 5.24. The third kappa shape index (κ3) is 2.56. The summed E-state index contributed by atoms with van der Waals surface area (Å²) < 4.78 is 9.83. The standard InChI is InChI=1S/C23H21N3O2S/c1-3-11-25-22(27)19-13-17-16-9-4-5-10-18(16)24-20(17)21(26(19)23(25)29)14-7-6-8-15(12-14)28-2/h3-10,12,21,24,27H,1,11,13H2,2H3. The van der Waals surface area contributed by atoms with Crippen LogP contribution in [0.2, 0.25) is 0 Å². The van der Waals surface area contributed by atoms with E-state index in [9.17, 15) is 5.11 Å². The summed E-state index contributed by atoms with van der Waals surface area (Å²) in [4.78, 5) is 3.61. The Morgan fingerprint density at radius 3 is 2.90 bits per heavy atom. The zero-order chi connectivity index (χ0) is 20.1. The SMILES string of the molecule is C=CCn1c(O)c2n(c1=S)C(c1cccc(OC)c1)c1[nH]c3ccccc3c1C2. The van der Waals surface area contributed by atoms with E-state index >= 15 is 0 Å². The Hall–Kier alpha value is -3.25. The van der Waals surface area contributed by atoms with E-state index in [-0.39, 0.29) is 11.9 Å². The molecule has 0 bridgehead atoms. The molecule has 0 aliphatic carbocycles.